The molecule has 0 radical (unpaired) electrons. The van der Waals surface area contributed by atoms with E-state index in [1.807, 2.05) is 18.2 Å². The zero-order chi connectivity index (χ0) is 14.7. The summed E-state index contributed by atoms with van der Waals surface area (Å²) in [6.07, 6.45) is 0. The highest BCUT2D eigenvalue weighted by molar-refractivity contribution is 9.11. The van der Waals surface area contributed by atoms with E-state index < -0.39 is 11.8 Å². The summed E-state index contributed by atoms with van der Waals surface area (Å²) >= 11 is 6.72. The molecule has 0 aliphatic heterocycles. The van der Waals surface area contributed by atoms with Crippen molar-refractivity contribution in [1.82, 2.24) is 0 Å². The van der Waals surface area contributed by atoms with Crippen LogP contribution >= 0.6 is 31.9 Å². The molecule has 104 valence electrons. The van der Waals surface area contributed by atoms with Crippen molar-refractivity contribution >= 4 is 37.8 Å². The number of carboxylic acid groups (broad SMARTS) is 1. The first-order valence-corrected chi connectivity index (χ1v) is 7.16. The molecule has 6 heteroatoms. The highest BCUT2D eigenvalue weighted by Gasteiger charge is 2.11. The van der Waals surface area contributed by atoms with Crippen molar-refractivity contribution in [2.24, 2.45) is 0 Å². The molecule has 0 atom stereocenters. The maximum atomic E-state index is 13.5. The lowest BCUT2D eigenvalue weighted by atomic mass is 10.1. The number of hydrogen-bond donors (Lipinski definition) is 1. The van der Waals surface area contributed by atoms with Crippen molar-refractivity contribution < 1.29 is 19.0 Å². The molecular formula is C14H9Br2FO3. The fourth-order valence-electron chi connectivity index (χ4n) is 1.60. The first-order chi connectivity index (χ1) is 9.49. The fourth-order valence-corrected chi connectivity index (χ4v) is 2.83. The second-order valence-corrected chi connectivity index (χ2v) is 5.67. The molecule has 3 nitrogen and oxygen atoms in total. The normalized spacial score (nSPS) is 10.3. The second-order valence-electron chi connectivity index (χ2n) is 3.96. The van der Waals surface area contributed by atoms with Gasteiger partial charge in [0.25, 0.3) is 0 Å². The topological polar surface area (TPSA) is 46.5 Å². The number of para-hydroxylation sites is 1. The minimum Gasteiger partial charge on any atom is -0.487 e. The standard InChI is InChI=1S/C14H9Br2FO3/c15-10-2-1-3-11(16)13(10)20-7-8-4-5-9(14(18)19)12(17)6-8/h1-6H,7H2,(H,18,19). The number of rotatable bonds is 4. The monoisotopic (exact) mass is 402 g/mol. The van der Waals surface area contributed by atoms with Gasteiger partial charge >= 0.3 is 5.97 Å². The largest absolute Gasteiger partial charge is 0.487 e. The van der Waals surface area contributed by atoms with Gasteiger partial charge in [-0.05, 0) is 61.7 Å². The average Bonchev–Trinajstić information content (AvgIpc) is 2.37. The molecule has 0 aromatic heterocycles. The van der Waals surface area contributed by atoms with Crippen LogP contribution in [0.15, 0.2) is 45.3 Å². The number of carbonyl (C=O) groups is 1. The lowest BCUT2D eigenvalue weighted by molar-refractivity contribution is 0.0692. The average molecular weight is 404 g/mol. The third-order valence-electron chi connectivity index (χ3n) is 2.57. The van der Waals surface area contributed by atoms with Crippen molar-refractivity contribution in [3.8, 4) is 5.75 Å². The maximum absolute atomic E-state index is 13.5. The van der Waals surface area contributed by atoms with Crippen molar-refractivity contribution in [2.45, 2.75) is 6.61 Å². The Balaban J connectivity index is 2.16. The molecule has 0 heterocycles. The molecule has 20 heavy (non-hydrogen) atoms. The summed E-state index contributed by atoms with van der Waals surface area (Å²) in [5.74, 6) is -1.46. The van der Waals surface area contributed by atoms with Crippen molar-refractivity contribution in [2.75, 3.05) is 0 Å². The molecule has 2 rings (SSSR count). The second kappa shape index (κ2) is 6.37. The van der Waals surface area contributed by atoms with Gasteiger partial charge in [-0.3, -0.25) is 0 Å². The SMILES string of the molecule is O=C(O)c1ccc(COc2c(Br)cccc2Br)cc1F. The number of ether oxygens (including phenoxy) is 1. The Morgan fingerprint density at radius 1 is 1.20 bits per heavy atom. The van der Waals surface area contributed by atoms with E-state index in [4.69, 9.17) is 9.84 Å². The summed E-state index contributed by atoms with van der Waals surface area (Å²) in [4.78, 5) is 10.7. The van der Waals surface area contributed by atoms with E-state index in [-0.39, 0.29) is 12.2 Å². The number of hydrogen-bond acceptors (Lipinski definition) is 2. The van der Waals surface area contributed by atoms with E-state index >= 15 is 0 Å². The van der Waals surface area contributed by atoms with Crippen molar-refractivity contribution in [3.05, 3.63) is 62.3 Å². The minimum atomic E-state index is -1.29. The van der Waals surface area contributed by atoms with E-state index in [1.165, 1.54) is 12.1 Å². The highest BCUT2D eigenvalue weighted by atomic mass is 79.9. The van der Waals surface area contributed by atoms with Crippen LogP contribution in [-0.2, 0) is 6.61 Å². The molecule has 2 aromatic carbocycles. The fraction of sp³-hybridized carbons (Fsp3) is 0.0714. The molecule has 0 saturated heterocycles. The summed E-state index contributed by atoms with van der Waals surface area (Å²) in [5, 5.41) is 8.75. The quantitative estimate of drug-likeness (QED) is 0.809. The summed E-state index contributed by atoms with van der Waals surface area (Å²) in [7, 11) is 0. The molecule has 1 N–H and O–H groups in total. The smallest absolute Gasteiger partial charge is 0.338 e. The first-order valence-electron chi connectivity index (χ1n) is 5.57. The molecular weight excluding hydrogens is 395 g/mol. The molecule has 0 unspecified atom stereocenters. The van der Waals surface area contributed by atoms with Crippen LogP contribution in [0.1, 0.15) is 15.9 Å². The third kappa shape index (κ3) is 3.37. The molecule has 0 bridgehead atoms. The van der Waals surface area contributed by atoms with Gasteiger partial charge in [0.2, 0.25) is 0 Å². The summed E-state index contributed by atoms with van der Waals surface area (Å²) in [5.41, 5.74) is 0.200. The molecule has 0 aliphatic rings. The van der Waals surface area contributed by atoms with Crippen LogP contribution in [0, 0.1) is 5.82 Å². The van der Waals surface area contributed by atoms with Crippen LogP contribution in [0.3, 0.4) is 0 Å². The molecule has 2 aromatic rings. The summed E-state index contributed by atoms with van der Waals surface area (Å²) in [6.45, 7) is 0.137. The van der Waals surface area contributed by atoms with E-state index in [1.54, 1.807) is 0 Å². The zero-order valence-electron chi connectivity index (χ0n) is 10.1. The van der Waals surface area contributed by atoms with Gasteiger partial charge in [-0.2, -0.15) is 0 Å². The van der Waals surface area contributed by atoms with Gasteiger partial charge < -0.3 is 9.84 Å². The van der Waals surface area contributed by atoms with Gasteiger partial charge in [0.1, 0.15) is 18.2 Å². The number of benzene rings is 2. The Kier molecular flexibility index (Phi) is 4.77. The molecule has 0 amide bonds. The predicted octanol–water partition coefficient (Wildman–Crippen LogP) is 4.63. The van der Waals surface area contributed by atoms with E-state index in [0.29, 0.717) is 11.3 Å². The maximum Gasteiger partial charge on any atom is 0.338 e. The van der Waals surface area contributed by atoms with Crippen LogP contribution in [0.5, 0.6) is 5.75 Å². The summed E-state index contributed by atoms with van der Waals surface area (Å²) < 4.78 is 20.7. The lowest BCUT2D eigenvalue weighted by Crippen LogP contribution is -2.03. The van der Waals surface area contributed by atoms with E-state index in [2.05, 4.69) is 31.9 Å². The van der Waals surface area contributed by atoms with Crippen LogP contribution < -0.4 is 4.74 Å². The Hall–Kier alpha value is -1.40. The van der Waals surface area contributed by atoms with Crippen molar-refractivity contribution in [1.29, 1.82) is 0 Å². The highest BCUT2D eigenvalue weighted by Crippen LogP contribution is 2.33. The van der Waals surface area contributed by atoms with Crippen LogP contribution in [0.25, 0.3) is 0 Å². The summed E-state index contributed by atoms with van der Waals surface area (Å²) in [6, 6.07) is 9.42. The molecule has 0 fully saturated rings. The number of carboxylic acids is 1. The number of aromatic carboxylic acids is 1. The van der Waals surface area contributed by atoms with E-state index in [9.17, 15) is 9.18 Å². The van der Waals surface area contributed by atoms with Crippen LogP contribution in [0.4, 0.5) is 4.39 Å². The van der Waals surface area contributed by atoms with Gasteiger partial charge in [0, 0.05) is 0 Å². The molecule has 0 spiro atoms. The lowest BCUT2D eigenvalue weighted by Gasteiger charge is -2.10. The van der Waals surface area contributed by atoms with Crippen LogP contribution in [-0.4, -0.2) is 11.1 Å². The predicted molar refractivity (Wildman–Crippen MR) is 79.5 cm³/mol. The third-order valence-corrected chi connectivity index (χ3v) is 3.81. The van der Waals surface area contributed by atoms with Gasteiger partial charge in [-0.1, -0.05) is 12.1 Å². The van der Waals surface area contributed by atoms with Gasteiger partial charge in [0.05, 0.1) is 14.5 Å². The molecule has 0 aliphatic carbocycles. The van der Waals surface area contributed by atoms with Gasteiger partial charge in [0.15, 0.2) is 0 Å². The zero-order valence-corrected chi connectivity index (χ0v) is 13.2. The van der Waals surface area contributed by atoms with E-state index in [0.717, 1.165) is 15.0 Å². The van der Waals surface area contributed by atoms with Crippen LogP contribution in [0.2, 0.25) is 0 Å². The first kappa shape index (κ1) is 15.0. The Morgan fingerprint density at radius 3 is 2.40 bits per heavy atom. The minimum absolute atomic E-state index is 0.137. The number of halogens is 3. The van der Waals surface area contributed by atoms with Crippen molar-refractivity contribution in [3.63, 3.8) is 0 Å². The van der Waals surface area contributed by atoms with Gasteiger partial charge in [-0.25, -0.2) is 9.18 Å². The van der Waals surface area contributed by atoms with Gasteiger partial charge in [-0.15, -0.1) is 0 Å². The Bertz CT molecular complexity index is 639. The molecule has 0 saturated carbocycles. The Labute approximate surface area is 131 Å². The Morgan fingerprint density at radius 2 is 1.85 bits per heavy atom.